The molecule has 1 aliphatic rings. The molecule has 2 N–H and O–H groups in total. The number of carboxylic acids is 1. The van der Waals surface area contributed by atoms with Crippen molar-refractivity contribution >= 4 is 5.97 Å². The van der Waals surface area contributed by atoms with Gasteiger partial charge in [-0.25, -0.2) is 0 Å². The number of rotatable bonds is 4. The number of aryl methyl sites for hydroxylation is 2. The Morgan fingerprint density at radius 1 is 1.37 bits per heavy atom. The molecule has 1 aromatic rings. The predicted molar refractivity (Wildman–Crippen MR) is 73.2 cm³/mol. The van der Waals surface area contributed by atoms with Crippen LogP contribution in [0.2, 0.25) is 0 Å². The normalized spacial score (nSPS) is 19.8. The Kier molecular flexibility index (Phi) is 4.10. The van der Waals surface area contributed by atoms with Crippen LogP contribution in [-0.4, -0.2) is 34.2 Å². The SMILES string of the molecule is Cc1cc(CN2CCC(CC(=O)O)C2)cc(C)c1O. The maximum atomic E-state index is 10.7. The minimum atomic E-state index is -0.705. The third kappa shape index (κ3) is 3.47. The van der Waals surface area contributed by atoms with E-state index < -0.39 is 5.97 Å². The number of phenolic OH excluding ortho intramolecular Hbond substituents is 1. The lowest BCUT2D eigenvalue weighted by atomic mass is 10.0. The highest BCUT2D eigenvalue weighted by Gasteiger charge is 2.24. The van der Waals surface area contributed by atoms with Crippen molar-refractivity contribution in [3.05, 3.63) is 28.8 Å². The first-order valence-electron chi connectivity index (χ1n) is 6.69. The van der Waals surface area contributed by atoms with Crippen LogP contribution in [-0.2, 0) is 11.3 Å². The highest BCUT2D eigenvalue weighted by Crippen LogP contribution is 2.26. The molecule has 1 atom stereocenters. The highest BCUT2D eigenvalue weighted by molar-refractivity contribution is 5.67. The fourth-order valence-electron chi connectivity index (χ4n) is 2.87. The largest absolute Gasteiger partial charge is 0.507 e. The van der Waals surface area contributed by atoms with E-state index in [2.05, 4.69) is 4.90 Å². The second-order valence-electron chi connectivity index (χ2n) is 5.57. The molecule has 1 heterocycles. The van der Waals surface area contributed by atoms with Gasteiger partial charge < -0.3 is 10.2 Å². The minimum Gasteiger partial charge on any atom is -0.507 e. The molecule has 2 rings (SSSR count). The molecule has 1 aliphatic heterocycles. The zero-order chi connectivity index (χ0) is 14.0. The number of benzene rings is 1. The molecular weight excluding hydrogens is 242 g/mol. The van der Waals surface area contributed by atoms with Gasteiger partial charge in [-0.2, -0.15) is 0 Å². The molecule has 0 amide bonds. The Bertz CT molecular complexity index is 461. The molecule has 0 bridgehead atoms. The lowest BCUT2D eigenvalue weighted by Gasteiger charge is -2.17. The van der Waals surface area contributed by atoms with Crippen LogP contribution in [0.4, 0.5) is 0 Å². The van der Waals surface area contributed by atoms with E-state index in [9.17, 15) is 9.90 Å². The van der Waals surface area contributed by atoms with Gasteiger partial charge in [0.15, 0.2) is 0 Å². The van der Waals surface area contributed by atoms with Crippen LogP contribution < -0.4 is 0 Å². The van der Waals surface area contributed by atoms with Crippen LogP contribution >= 0.6 is 0 Å². The molecule has 0 saturated carbocycles. The maximum absolute atomic E-state index is 10.7. The van der Waals surface area contributed by atoms with Gasteiger partial charge in [-0.3, -0.25) is 9.69 Å². The first-order valence-corrected chi connectivity index (χ1v) is 6.69. The van der Waals surface area contributed by atoms with Crippen molar-refractivity contribution in [3.8, 4) is 5.75 Å². The first-order chi connectivity index (χ1) is 8.95. The van der Waals surface area contributed by atoms with Crippen molar-refractivity contribution in [2.75, 3.05) is 13.1 Å². The number of likely N-dealkylation sites (tertiary alicyclic amines) is 1. The van der Waals surface area contributed by atoms with E-state index in [4.69, 9.17) is 5.11 Å². The Balaban J connectivity index is 1.97. The van der Waals surface area contributed by atoms with Crippen LogP contribution in [0.25, 0.3) is 0 Å². The molecule has 4 nitrogen and oxygen atoms in total. The third-order valence-corrected chi connectivity index (χ3v) is 3.79. The lowest BCUT2D eigenvalue weighted by Crippen LogP contribution is -2.21. The van der Waals surface area contributed by atoms with Crippen LogP contribution in [0.15, 0.2) is 12.1 Å². The van der Waals surface area contributed by atoms with Crippen molar-refractivity contribution in [3.63, 3.8) is 0 Å². The molecule has 1 saturated heterocycles. The highest BCUT2D eigenvalue weighted by atomic mass is 16.4. The lowest BCUT2D eigenvalue weighted by molar-refractivity contribution is -0.138. The number of aromatic hydroxyl groups is 1. The zero-order valence-corrected chi connectivity index (χ0v) is 11.5. The summed E-state index contributed by atoms with van der Waals surface area (Å²) in [5.41, 5.74) is 2.98. The Labute approximate surface area is 113 Å². The second-order valence-corrected chi connectivity index (χ2v) is 5.57. The van der Waals surface area contributed by atoms with E-state index in [-0.39, 0.29) is 12.3 Å². The average molecular weight is 263 g/mol. The molecule has 104 valence electrons. The van der Waals surface area contributed by atoms with Crippen LogP contribution in [0.5, 0.6) is 5.75 Å². The fraction of sp³-hybridized carbons (Fsp3) is 0.533. The summed E-state index contributed by atoms with van der Waals surface area (Å²) >= 11 is 0. The minimum absolute atomic E-state index is 0.268. The Morgan fingerprint density at radius 2 is 2.00 bits per heavy atom. The molecule has 4 heteroatoms. The summed E-state index contributed by atoms with van der Waals surface area (Å²) in [6, 6.07) is 4.01. The van der Waals surface area contributed by atoms with Crippen molar-refractivity contribution in [1.29, 1.82) is 0 Å². The average Bonchev–Trinajstić information content (AvgIpc) is 2.72. The molecule has 0 aliphatic carbocycles. The summed E-state index contributed by atoms with van der Waals surface area (Å²) in [5.74, 6) is -0.0612. The monoisotopic (exact) mass is 263 g/mol. The number of aliphatic carboxylic acids is 1. The van der Waals surface area contributed by atoms with Gasteiger partial charge in [0, 0.05) is 19.5 Å². The van der Waals surface area contributed by atoms with Crippen LogP contribution in [0.3, 0.4) is 0 Å². The van der Waals surface area contributed by atoms with E-state index in [1.54, 1.807) is 0 Å². The van der Waals surface area contributed by atoms with Gasteiger partial charge in [0.1, 0.15) is 5.75 Å². The van der Waals surface area contributed by atoms with E-state index in [0.29, 0.717) is 5.75 Å². The summed E-state index contributed by atoms with van der Waals surface area (Å²) < 4.78 is 0. The smallest absolute Gasteiger partial charge is 0.303 e. The standard InChI is InChI=1S/C15H21NO3/c1-10-5-13(6-11(2)15(10)19)9-16-4-3-12(8-16)7-14(17)18/h5-6,12,19H,3-4,7-9H2,1-2H3,(H,17,18). The summed E-state index contributed by atoms with van der Waals surface area (Å²) in [6.45, 7) is 6.45. The summed E-state index contributed by atoms with van der Waals surface area (Å²) in [4.78, 5) is 13.0. The van der Waals surface area contributed by atoms with Gasteiger partial charge in [0.25, 0.3) is 0 Å². The van der Waals surface area contributed by atoms with Crippen molar-refractivity contribution < 1.29 is 15.0 Å². The van der Waals surface area contributed by atoms with E-state index in [1.807, 2.05) is 26.0 Å². The molecule has 1 unspecified atom stereocenters. The van der Waals surface area contributed by atoms with Gasteiger partial charge in [0.2, 0.25) is 0 Å². The van der Waals surface area contributed by atoms with Gasteiger partial charge >= 0.3 is 5.97 Å². The van der Waals surface area contributed by atoms with Gasteiger partial charge in [0.05, 0.1) is 0 Å². The zero-order valence-electron chi connectivity index (χ0n) is 11.5. The molecule has 1 fully saturated rings. The van der Waals surface area contributed by atoms with E-state index in [1.165, 1.54) is 5.56 Å². The van der Waals surface area contributed by atoms with Gasteiger partial charge in [-0.15, -0.1) is 0 Å². The van der Waals surface area contributed by atoms with Crippen LogP contribution in [0.1, 0.15) is 29.5 Å². The fourth-order valence-corrected chi connectivity index (χ4v) is 2.87. The number of hydrogen-bond acceptors (Lipinski definition) is 3. The molecule has 0 spiro atoms. The van der Waals surface area contributed by atoms with Crippen molar-refractivity contribution in [1.82, 2.24) is 4.90 Å². The second kappa shape index (κ2) is 5.61. The van der Waals surface area contributed by atoms with Gasteiger partial charge in [-0.05, 0) is 49.4 Å². The topological polar surface area (TPSA) is 60.8 Å². The predicted octanol–water partition coefficient (Wildman–Crippen LogP) is 2.31. The summed E-state index contributed by atoms with van der Waals surface area (Å²) in [7, 11) is 0. The van der Waals surface area contributed by atoms with Crippen LogP contribution in [0, 0.1) is 19.8 Å². The first kappa shape index (κ1) is 13.9. The number of phenols is 1. The van der Waals surface area contributed by atoms with Crippen molar-refractivity contribution in [2.24, 2.45) is 5.92 Å². The number of carboxylic acid groups (broad SMARTS) is 1. The van der Waals surface area contributed by atoms with Crippen molar-refractivity contribution in [2.45, 2.75) is 33.2 Å². The van der Waals surface area contributed by atoms with E-state index >= 15 is 0 Å². The molecule has 0 radical (unpaired) electrons. The summed E-state index contributed by atoms with van der Waals surface area (Å²) in [6.07, 6.45) is 1.23. The molecule has 1 aromatic carbocycles. The van der Waals surface area contributed by atoms with Gasteiger partial charge in [-0.1, -0.05) is 12.1 Å². The third-order valence-electron chi connectivity index (χ3n) is 3.79. The number of carbonyl (C=O) groups is 1. The number of nitrogens with zero attached hydrogens (tertiary/aromatic N) is 1. The van der Waals surface area contributed by atoms with E-state index in [0.717, 1.165) is 37.2 Å². The number of hydrogen-bond donors (Lipinski definition) is 2. The Hall–Kier alpha value is -1.55. The molecule has 0 aromatic heterocycles. The maximum Gasteiger partial charge on any atom is 0.303 e. The Morgan fingerprint density at radius 3 is 2.58 bits per heavy atom. The summed E-state index contributed by atoms with van der Waals surface area (Å²) in [5, 5.41) is 18.6. The molecular formula is C15H21NO3. The quantitative estimate of drug-likeness (QED) is 0.875. The molecule has 19 heavy (non-hydrogen) atoms.